The third-order valence-electron chi connectivity index (χ3n) is 2.84. The minimum Gasteiger partial charge on any atom is -0.486 e. The van der Waals surface area contributed by atoms with E-state index in [-0.39, 0.29) is 5.91 Å². The molecule has 2 heterocycles. The SMILES string of the molecule is Cc1ccc(C(=O)Nc2cc3c(cc2Cl)OCCO3)s1. The van der Waals surface area contributed by atoms with Gasteiger partial charge in [0.2, 0.25) is 0 Å². The highest BCUT2D eigenvalue weighted by Gasteiger charge is 2.17. The molecular formula is C14H12ClNO3S. The number of thiophene rings is 1. The number of aryl methyl sites for hydroxylation is 1. The van der Waals surface area contributed by atoms with Crippen LogP contribution in [-0.4, -0.2) is 19.1 Å². The van der Waals surface area contributed by atoms with E-state index in [1.54, 1.807) is 18.2 Å². The van der Waals surface area contributed by atoms with Crippen LogP contribution >= 0.6 is 22.9 Å². The predicted molar refractivity (Wildman–Crippen MR) is 79.5 cm³/mol. The standard InChI is InChI=1S/C14H12ClNO3S/c1-8-2-3-13(20-8)14(17)16-10-7-12-11(6-9(10)15)18-4-5-19-12/h2-3,6-7H,4-5H2,1H3,(H,16,17). The molecule has 0 aliphatic carbocycles. The molecule has 104 valence electrons. The number of hydrogen-bond acceptors (Lipinski definition) is 4. The average molecular weight is 310 g/mol. The molecule has 1 aliphatic rings. The van der Waals surface area contributed by atoms with Gasteiger partial charge in [-0.25, -0.2) is 0 Å². The lowest BCUT2D eigenvalue weighted by molar-refractivity contribution is 0.103. The fraction of sp³-hybridized carbons (Fsp3) is 0.214. The number of nitrogens with one attached hydrogen (secondary N) is 1. The van der Waals surface area contributed by atoms with Crippen LogP contribution in [-0.2, 0) is 0 Å². The Labute approximate surface area is 125 Å². The molecule has 0 bridgehead atoms. The molecule has 0 unspecified atom stereocenters. The zero-order valence-electron chi connectivity index (χ0n) is 10.7. The number of carbonyl (C=O) groups is 1. The number of benzene rings is 1. The van der Waals surface area contributed by atoms with Gasteiger partial charge in [-0.1, -0.05) is 11.6 Å². The van der Waals surface area contributed by atoms with Crippen molar-refractivity contribution in [3.8, 4) is 11.5 Å². The van der Waals surface area contributed by atoms with Crippen LogP contribution in [0.3, 0.4) is 0 Å². The fourth-order valence-corrected chi connectivity index (χ4v) is 2.86. The second kappa shape index (κ2) is 5.34. The van der Waals surface area contributed by atoms with E-state index in [2.05, 4.69) is 5.32 Å². The summed E-state index contributed by atoms with van der Waals surface area (Å²) in [7, 11) is 0. The van der Waals surface area contributed by atoms with Gasteiger partial charge in [-0.05, 0) is 19.1 Å². The third kappa shape index (κ3) is 2.59. The lowest BCUT2D eigenvalue weighted by Crippen LogP contribution is -2.16. The van der Waals surface area contributed by atoms with Gasteiger partial charge in [-0.3, -0.25) is 4.79 Å². The summed E-state index contributed by atoms with van der Waals surface area (Å²) in [5.74, 6) is 1.02. The number of fused-ring (bicyclic) bond motifs is 1. The Morgan fingerprint density at radius 3 is 2.60 bits per heavy atom. The van der Waals surface area contributed by atoms with Crippen LogP contribution in [0, 0.1) is 6.92 Å². The van der Waals surface area contributed by atoms with Crippen LogP contribution in [0.5, 0.6) is 11.5 Å². The van der Waals surface area contributed by atoms with Gasteiger partial charge in [0.15, 0.2) is 11.5 Å². The van der Waals surface area contributed by atoms with Gasteiger partial charge in [-0.15, -0.1) is 11.3 Å². The van der Waals surface area contributed by atoms with Crippen LogP contribution < -0.4 is 14.8 Å². The Bertz CT molecular complexity index is 668. The van der Waals surface area contributed by atoms with Crippen molar-refractivity contribution >= 4 is 34.5 Å². The first-order valence-corrected chi connectivity index (χ1v) is 7.30. The van der Waals surface area contributed by atoms with E-state index < -0.39 is 0 Å². The van der Waals surface area contributed by atoms with Gasteiger partial charge in [0.05, 0.1) is 15.6 Å². The summed E-state index contributed by atoms with van der Waals surface area (Å²) in [6, 6.07) is 7.05. The molecule has 0 spiro atoms. The molecule has 20 heavy (non-hydrogen) atoms. The monoisotopic (exact) mass is 309 g/mol. The molecule has 2 aromatic rings. The molecule has 0 saturated heterocycles. The number of amides is 1. The van der Waals surface area contributed by atoms with Gasteiger partial charge >= 0.3 is 0 Å². The largest absolute Gasteiger partial charge is 0.486 e. The maximum Gasteiger partial charge on any atom is 0.265 e. The number of rotatable bonds is 2. The van der Waals surface area contributed by atoms with Crippen molar-refractivity contribution in [3.05, 3.63) is 39.0 Å². The van der Waals surface area contributed by atoms with Crippen molar-refractivity contribution < 1.29 is 14.3 Å². The van der Waals surface area contributed by atoms with Crippen LogP contribution in [0.25, 0.3) is 0 Å². The highest BCUT2D eigenvalue weighted by molar-refractivity contribution is 7.14. The molecule has 1 aromatic heterocycles. The fourth-order valence-electron chi connectivity index (χ4n) is 1.90. The first-order valence-electron chi connectivity index (χ1n) is 6.10. The Balaban J connectivity index is 1.85. The van der Waals surface area contributed by atoms with Crippen molar-refractivity contribution in [2.45, 2.75) is 6.92 Å². The molecule has 0 fully saturated rings. The van der Waals surface area contributed by atoms with Crippen molar-refractivity contribution in [3.63, 3.8) is 0 Å². The maximum absolute atomic E-state index is 12.1. The number of ether oxygens (including phenoxy) is 2. The second-order valence-corrected chi connectivity index (χ2v) is 6.04. The van der Waals surface area contributed by atoms with Crippen LogP contribution in [0.15, 0.2) is 24.3 Å². The van der Waals surface area contributed by atoms with Gasteiger partial charge in [0.25, 0.3) is 5.91 Å². The highest BCUT2D eigenvalue weighted by atomic mass is 35.5. The van der Waals surface area contributed by atoms with Crippen molar-refractivity contribution in [1.82, 2.24) is 0 Å². The first-order chi connectivity index (χ1) is 9.63. The van der Waals surface area contributed by atoms with Gasteiger partial charge in [0, 0.05) is 17.0 Å². The molecule has 3 rings (SSSR count). The average Bonchev–Trinajstić information content (AvgIpc) is 2.86. The summed E-state index contributed by atoms with van der Waals surface area (Å²) in [5.41, 5.74) is 0.520. The molecule has 1 aliphatic heterocycles. The predicted octanol–water partition coefficient (Wildman–Crippen LogP) is 3.73. The van der Waals surface area contributed by atoms with Crippen molar-refractivity contribution in [2.75, 3.05) is 18.5 Å². The van der Waals surface area contributed by atoms with Crippen molar-refractivity contribution in [2.24, 2.45) is 0 Å². The van der Waals surface area contributed by atoms with Crippen LogP contribution in [0.1, 0.15) is 14.5 Å². The topological polar surface area (TPSA) is 47.6 Å². The number of hydrogen-bond donors (Lipinski definition) is 1. The zero-order valence-corrected chi connectivity index (χ0v) is 12.3. The molecule has 4 nitrogen and oxygen atoms in total. The summed E-state index contributed by atoms with van der Waals surface area (Å²) in [5, 5.41) is 3.22. The minimum absolute atomic E-state index is 0.179. The van der Waals surface area contributed by atoms with Gasteiger partial charge in [-0.2, -0.15) is 0 Å². The quantitative estimate of drug-likeness (QED) is 0.919. The van der Waals surface area contributed by atoms with E-state index in [4.69, 9.17) is 21.1 Å². The maximum atomic E-state index is 12.1. The molecule has 1 N–H and O–H groups in total. The number of anilines is 1. The Kier molecular flexibility index (Phi) is 3.54. The summed E-state index contributed by atoms with van der Waals surface area (Å²) in [6.45, 7) is 2.95. The van der Waals surface area contributed by atoms with E-state index in [0.717, 1.165) is 4.88 Å². The van der Waals surface area contributed by atoms with E-state index in [1.165, 1.54) is 11.3 Å². The van der Waals surface area contributed by atoms with Crippen LogP contribution in [0.4, 0.5) is 5.69 Å². The smallest absolute Gasteiger partial charge is 0.265 e. The van der Waals surface area contributed by atoms with E-state index in [1.807, 2.05) is 13.0 Å². The Hall–Kier alpha value is -1.72. The first kappa shape index (κ1) is 13.3. The number of halogens is 1. The van der Waals surface area contributed by atoms with Crippen LogP contribution in [0.2, 0.25) is 5.02 Å². The van der Waals surface area contributed by atoms with E-state index >= 15 is 0 Å². The highest BCUT2D eigenvalue weighted by Crippen LogP contribution is 2.38. The van der Waals surface area contributed by atoms with E-state index in [9.17, 15) is 4.79 Å². The van der Waals surface area contributed by atoms with Gasteiger partial charge < -0.3 is 14.8 Å². The molecule has 1 aromatic carbocycles. The minimum atomic E-state index is -0.179. The molecule has 6 heteroatoms. The number of carbonyl (C=O) groups excluding carboxylic acids is 1. The Morgan fingerprint density at radius 2 is 1.95 bits per heavy atom. The summed E-state index contributed by atoms with van der Waals surface area (Å²) < 4.78 is 10.9. The normalized spacial score (nSPS) is 13.1. The summed E-state index contributed by atoms with van der Waals surface area (Å²) >= 11 is 7.59. The molecule has 1 amide bonds. The summed E-state index contributed by atoms with van der Waals surface area (Å²) in [4.78, 5) is 13.8. The van der Waals surface area contributed by atoms with Crippen molar-refractivity contribution in [1.29, 1.82) is 0 Å². The summed E-state index contributed by atoms with van der Waals surface area (Å²) in [6.07, 6.45) is 0. The molecular weight excluding hydrogens is 298 g/mol. The molecule has 0 radical (unpaired) electrons. The van der Waals surface area contributed by atoms with Gasteiger partial charge in [0.1, 0.15) is 13.2 Å². The zero-order chi connectivity index (χ0) is 14.1. The lowest BCUT2D eigenvalue weighted by Gasteiger charge is -2.19. The molecule has 0 atom stereocenters. The van der Waals surface area contributed by atoms with E-state index in [0.29, 0.717) is 40.3 Å². The Morgan fingerprint density at radius 1 is 1.25 bits per heavy atom. The second-order valence-electron chi connectivity index (χ2n) is 4.34. The molecule has 0 saturated carbocycles. The lowest BCUT2D eigenvalue weighted by atomic mass is 10.2. The third-order valence-corrected chi connectivity index (χ3v) is 4.16.